The second-order valence-corrected chi connectivity index (χ2v) is 5.41. The maximum absolute atomic E-state index is 6.11. The minimum Gasteiger partial charge on any atom is -0.471 e. The van der Waals surface area contributed by atoms with Crippen molar-refractivity contribution in [2.45, 2.75) is 39.8 Å². The summed E-state index contributed by atoms with van der Waals surface area (Å²) in [6.07, 6.45) is 2.36. The number of aryl methyl sites for hydroxylation is 1. The molecule has 2 aromatic rings. The molecule has 2 heteroatoms. The van der Waals surface area contributed by atoms with Crippen molar-refractivity contribution in [2.24, 2.45) is 0 Å². The lowest BCUT2D eigenvalue weighted by Crippen LogP contribution is -2.38. The van der Waals surface area contributed by atoms with Gasteiger partial charge in [0.1, 0.15) is 5.75 Å². The van der Waals surface area contributed by atoms with Gasteiger partial charge in [-0.15, -0.1) is 0 Å². The lowest BCUT2D eigenvalue weighted by Gasteiger charge is -2.31. The number of hydrogen-bond donors (Lipinski definition) is 0. The van der Waals surface area contributed by atoms with Crippen molar-refractivity contribution in [1.82, 2.24) is 0 Å². The van der Waals surface area contributed by atoms with Crippen LogP contribution in [-0.4, -0.2) is 12.8 Å². The molecule has 1 atom stereocenters. The van der Waals surface area contributed by atoms with Crippen LogP contribution in [-0.2, 0) is 0 Å². The number of anilines is 1. The summed E-state index contributed by atoms with van der Waals surface area (Å²) in [5.41, 5.74) is 2.46. The van der Waals surface area contributed by atoms with Gasteiger partial charge < -0.3 is 9.64 Å². The number of para-hydroxylation sites is 1. The fraction of sp³-hybridized carbons (Fsp3) is 0.368. The SMILES string of the molecule is CCCCN(c1ccccc1)C(C)Oc1ccc(C)cc1. The third-order valence-electron chi connectivity index (χ3n) is 3.61. The number of rotatable bonds is 7. The Morgan fingerprint density at radius 3 is 2.29 bits per heavy atom. The highest BCUT2D eigenvalue weighted by atomic mass is 16.5. The first kappa shape index (κ1) is 15.4. The number of unbranched alkanes of at least 4 members (excludes halogenated alkanes) is 1. The van der Waals surface area contributed by atoms with Crippen molar-refractivity contribution in [1.29, 1.82) is 0 Å². The van der Waals surface area contributed by atoms with Gasteiger partial charge in [0.2, 0.25) is 0 Å². The summed E-state index contributed by atoms with van der Waals surface area (Å²) < 4.78 is 6.11. The Balaban J connectivity index is 2.10. The Morgan fingerprint density at radius 1 is 1.00 bits per heavy atom. The van der Waals surface area contributed by atoms with Crippen LogP contribution in [0.2, 0.25) is 0 Å². The predicted octanol–water partition coefficient (Wildman–Crippen LogP) is 5.03. The second-order valence-electron chi connectivity index (χ2n) is 5.41. The molecule has 0 saturated heterocycles. The molecule has 0 heterocycles. The zero-order chi connectivity index (χ0) is 15.1. The van der Waals surface area contributed by atoms with Crippen LogP contribution in [0.5, 0.6) is 5.75 Å². The molecule has 2 rings (SSSR count). The van der Waals surface area contributed by atoms with Gasteiger partial charge in [0.15, 0.2) is 6.23 Å². The molecule has 0 bridgehead atoms. The van der Waals surface area contributed by atoms with E-state index < -0.39 is 0 Å². The van der Waals surface area contributed by atoms with Gasteiger partial charge in [0.05, 0.1) is 0 Å². The van der Waals surface area contributed by atoms with Crippen LogP contribution >= 0.6 is 0 Å². The van der Waals surface area contributed by atoms with E-state index in [4.69, 9.17) is 4.74 Å². The quantitative estimate of drug-likeness (QED) is 0.661. The van der Waals surface area contributed by atoms with Crippen LogP contribution < -0.4 is 9.64 Å². The molecule has 0 N–H and O–H groups in total. The lowest BCUT2D eigenvalue weighted by molar-refractivity contribution is 0.214. The van der Waals surface area contributed by atoms with E-state index in [0.29, 0.717) is 0 Å². The molecule has 0 spiro atoms. The molecule has 0 aliphatic heterocycles. The van der Waals surface area contributed by atoms with Crippen LogP contribution in [0.25, 0.3) is 0 Å². The van der Waals surface area contributed by atoms with Gasteiger partial charge in [0.25, 0.3) is 0 Å². The van der Waals surface area contributed by atoms with Crippen molar-refractivity contribution in [3.05, 3.63) is 60.2 Å². The summed E-state index contributed by atoms with van der Waals surface area (Å²) in [5.74, 6) is 0.922. The smallest absolute Gasteiger partial charge is 0.169 e. The van der Waals surface area contributed by atoms with Crippen molar-refractivity contribution < 1.29 is 4.74 Å². The fourth-order valence-electron chi connectivity index (χ4n) is 2.35. The fourth-order valence-corrected chi connectivity index (χ4v) is 2.35. The monoisotopic (exact) mass is 283 g/mol. The molecule has 2 nitrogen and oxygen atoms in total. The normalized spacial score (nSPS) is 12.0. The zero-order valence-electron chi connectivity index (χ0n) is 13.3. The molecular formula is C19H25NO. The van der Waals surface area contributed by atoms with Gasteiger partial charge >= 0.3 is 0 Å². The lowest BCUT2D eigenvalue weighted by atomic mass is 10.2. The van der Waals surface area contributed by atoms with E-state index in [1.165, 1.54) is 17.7 Å². The number of benzene rings is 2. The first-order valence-electron chi connectivity index (χ1n) is 7.75. The maximum atomic E-state index is 6.11. The topological polar surface area (TPSA) is 12.5 Å². The van der Waals surface area contributed by atoms with E-state index in [2.05, 4.69) is 62.1 Å². The molecule has 0 fully saturated rings. The summed E-state index contributed by atoms with van der Waals surface area (Å²) in [4.78, 5) is 2.32. The maximum Gasteiger partial charge on any atom is 0.169 e. The summed E-state index contributed by atoms with van der Waals surface area (Å²) >= 11 is 0. The Kier molecular flexibility index (Phi) is 5.68. The van der Waals surface area contributed by atoms with Crippen LogP contribution in [0.15, 0.2) is 54.6 Å². The Labute approximate surface area is 128 Å². The molecule has 0 aromatic heterocycles. The Hall–Kier alpha value is -1.96. The van der Waals surface area contributed by atoms with Crippen molar-refractivity contribution >= 4 is 5.69 Å². The first-order valence-corrected chi connectivity index (χ1v) is 7.75. The van der Waals surface area contributed by atoms with Gasteiger partial charge in [-0.05, 0) is 44.5 Å². The average Bonchev–Trinajstić information content (AvgIpc) is 2.51. The highest BCUT2D eigenvalue weighted by molar-refractivity contribution is 5.46. The number of ether oxygens (including phenoxy) is 1. The zero-order valence-corrected chi connectivity index (χ0v) is 13.3. The third kappa shape index (κ3) is 4.52. The van der Waals surface area contributed by atoms with E-state index in [0.717, 1.165) is 18.7 Å². The molecule has 0 aliphatic rings. The van der Waals surface area contributed by atoms with Crippen molar-refractivity contribution in [3.8, 4) is 5.75 Å². The molecule has 1 unspecified atom stereocenters. The van der Waals surface area contributed by atoms with Crippen LogP contribution in [0, 0.1) is 6.92 Å². The van der Waals surface area contributed by atoms with Gasteiger partial charge in [-0.25, -0.2) is 0 Å². The van der Waals surface area contributed by atoms with E-state index in [-0.39, 0.29) is 6.23 Å². The molecule has 0 amide bonds. The molecule has 0 aliphatic carbocycles. The second kappa shape index (κ2) is 7.72. The summed E-state index contributed by atoms with van der Waals surface area (Å²) in [6, 6.07) is 18.7. The first-order chi connectivity index (χ1) is 10.2. The average molecular weight is 283 g/mol. The summed E-state index contributed by atoms with van der Waals surface area (Å²) in [6.45, 7) is 7.43. The van der Waals surface area contributed by atoms with E-state index in [1.807, 2.05) is 18.2 Å². The van der Waals surface area contributed by atoms with Crippen LogP contribution in [0.1, 0.15) is 32.3 Å². The van der Waals surface area contributed by atoms with E-state index >= 15 is 0 Å². The largest absolute Gasteiger partial charge is 0.471 e. The number of hydrogen-bond acceptors (Lipinski definition) is 2. The van der Waals surface area contributed by atoms with Gasteiger partial charge in [0, 0.05) is 12.2 Å². The Bertz CT molecular complexity index is 521. The third-order valence-corrected chi connectivity index (χ3v) is 3.61. The molecular weight excluding hydrogens is 258 g/mol. The van der Waals surface area contributed by atoms with E-state index in [1.54, 1.807) is 0 Å². The van der Waals surface area contributed by atoms with Crippen molar-refractivity contribution in [3.63, 3.8) is 0 Å². The van der Waals surface area contributed by atoms with Gasteiger partial charge in [-0.3, -0.25) is 0 Å². The van der Waals surface area contributed by atoms with Crippen molar-refractivity contribution in [2.75, 3.05) is 11.4 Å². The summed E-state index contributed by atoms with van der Waals surface area (Å²) in [7, 11) is 0. The van der Waals surface area contributed by atoms with E-state index in [9.17, 15) is 0 Å². The Morgan fingerprint density at radius 2 is 1.67 bits per heavy atom. The minimum absolute atomic E-state index is 0.0154. The molecule has 0 radical (unpaired) electrons. The van der Waals surface area contributed by atoms with Gasteiger partial charge in [-0.1, -0.05) is 49.2 Å². The predicted molar refractivity (Wildman–Crippen MR) is 90.0 cm³/mol. The highest BCUT2D eigenvalue weighted by Crippen LogP contribution is 2.21. The molecule has 21 heavy (non-hydrogen) atoms. The van der Waals surface area contributed by atoms with Crippen LogP contribution in [0.3, 0.4) is 0 Å². The summed E-state index contributed by atoms with van der Waals surface area (Å²) in [5, 5.41) is 0. The number of nitrogens with zero attached hydrogens (tertiary/aromatic N) is 1. The van der Waals surface area contributed by atoms with Gasteiger partial charge in [-0.2, -0.15) is 0 Å². The standard InChI is InChI=1S/C19H25NO/c1-4-5-15-20(18-9-7-6-8-10-18)17(3)21-19-13-11-16(2)12-14-19/h6-14,17H,4-5,15H2,1-3H3. The highest BCUT2D eigenvalue weighted by Gasteiger charge is 2.15. The van der Waals surface area contributed by atoms with Crippen LogP contribution in [0.4, 0.5) is 5.69 Å². The molecule has 112 valence electrons. The minimum atomic E-state index is 0.0154. The molecule has 0 saturated carbocycles. The molecule has 2 aromatic carbocycles.